The van der Waals surface area contributed by atoms with Gasteiger partial charge in [-0.15, -0.1) is 0 Å². The van der Waals surface area contributed by atoms with Crippen molar-refractivity contribution < 1.29 is 15.0 Å². The van der Waals surface area contributed by atoms with E-state index < -0.39 is 5.97 Å². The second-order valence-corrected chi connectivity index (χ2v) is 7.19. The maximum Gasteiger partial charge on any atom is 0.304 e. The van der Waals surface area contributed by atoms with E-state index in [1.165, 1.54) is 5.56 Å². The first-order valence-electron chi connectivity index (χ1n) is 6.73. The van der Waals surface area contributed by atoms with E-state index in [0.29, 0.717) is 5.75 Å². The smallest absolute Gasteiger partial charge is 0.304 e. The van der Waals surface area contributed by atoms with Crippen LogP contribution in [0.3, 0.4) is 0 Å². The van der Waals surface area contributed by atoms with Gasteiger partial charge < -0.3 is 15.9 Å². The molecular weight excluding hydrogens is 274 g/mol. The number of fused-ring (bicyclic) bond motifs is 1. The Balaban J connectivity index is 2.20. The van der Waals surface area contributed by atoms with Gasteiger partial charge in [0.2, 0.25) is 0 Å². The van der Waals surface area contributed by atoms with Crippen molar-refractivity contribution in [3.8, 4) is 5.75 Å². The maximum atomic E-state index is 10.6. The number of carboxylic acids is 1. The molecule has 1 aliphatic rings. The highest BCUT2D eigenvalue weighted by Crippen LogP contribution is 2.41. The van der Waals surface area contributed by atoms with E-state index in [2.05, 4.69) is 13.8 Å². The summed E-state index contributed by atoms with van der Waals surface area (Å²) in [6, 6.07) is 5.39. The highest BCUT2D eigenvalue weighted by atomic mass is 32.2. The van der Waals surface area contributed by atoms with Crippen LogP contribution in [-0.4, -0.2) is 33.2 Å². The number of phenolic OH excluding ortho intramolecular Hbond substituents is 1. The Morgan fingerprint density at radius 1 is 1.50 bits per heavy atom. The van der Waals surface area contributed by atoms with Gasteiger partial charge in [0.15, 0.2) is 0 Å². The average molecular weight is 295 g/mol. The molecule has 0 heterocycles. The lowest BCUT2D eigenvalue weighted by Crippen LogP contribution is -2.52. The average Bonchev–Trinajstić information content (AvgIpc) is 2.36. The van der Waals surface area contributed by atoms with Crippen LogP contribution in [0.2, 0.25) is 0 Å². The third-order valence-electron chi connectivity index (χ3n) is 4.09. The van der Waals surface area contributed by atoms with Crippen molar-refractivity contribution in [2.45, 2.75) is 43.4 Å². The Morgan fingerprint density at radius 2 is 2.20 bits per heavy atom. The number of phenols is 1. The highest BCUT2D eigenvalue weighted by Gasteiger charge is 2.40. The fourth-order valence-corrected chi connectivity index (χ4v) is 4.23. The summed E-state index contributed by atoms with van der Waals surface area (Å²) in [5.41, 5.74) is 8.45. The second-order valence-electron chi connectivity index (χ2n) is 5.85. The third kappa shape index (κ3) is 2.94. The van der Waals surface area contributed by atoms with Crippen LogP contribution in [0.25, 0.3) is 0 Å². The minimum atomic E-state index is -0.772. The summed E-state index contributed by atoms with van der Waals surface area (Å²) in [6.45, 7) is 4.17. The van der Waals surface area contributed by atoms with Crippen molar-refractivity contribution in [1.29, 1.82) is 0 Å². The highest BCUT2D eigenvalue weighted by molar-refractivity contribution is 8.00. The molecule has 0 bridgehead atoms. The van der Waals surface area contributed by atoms with Crippen LogP contribution in [0.15, 0.2) is 18.2 Å². The zero-order valence-corrected chi connectivity index (χ0v) is 12.6. The van der Waals surface area contributed by atoms with E-state index in [1.807, 2.05) is 6.07 Å². The molecule has 0 saturated carbocycles. The SMILES string of the molecule is CC1(C)c2cc(O)ccc2CC(SCCC(=O)O)C1N. The quantitative estimate of drug-likeness (QED) is 0.792. The number of aliphatic carboxylic acids is 1. The molecule has 0 saturated heterocycles. The van der Waals surface area contributed by atoms with E-state index in [4.69, 9.17) is 10.8 Å². The molecule has 0 spiro atoms. The van der Waals surface area contributed by atoms with Gasteiger partial charge in [-0.2, -0.15) is 11.8 Å². The molecule has 5 heteroatoms. The Kier molecular flexibility index (Phi) is 4.30. The van der Waals surface area contributed by atoms with Crippen LogP contribution in [0.4, 0.5) is 0 Å². The van der Waals surface area contributed by atoms with Gasteiger partial charge >= 0.3 is 5.97 Å². The van der Waals surface area contributed by atoms with Gasteiger partial charge in [-0.3, -0.25) is 4.79 Å². The van der Waals surface area contributed by atoms with E-state index in [1.54, 1.807) is 23.9 Å². The van der Waals surface area contributed by atoms with E-state index >= 15 is 0 Å². The number of benzene rings is 1. The summed E-state index contributed by atoms with van der Waals surface area (Å²) in [5.74, 6) is 0.0736. The van der Waals surface area contributed by atoms with E-state index in [9.17, 15) is 9.90 Å². The number of hydrogen-bond acceptors (Lipinski definition) is 4. The number of thioether (sulfide) groups is 1. The van der Waals surface area contributed by atoms with Gasteiger partial charge in [-0.05, 0) is 29.7 Å². The fourth-order valence-electron chi connectivity index (χ4n) is 2.79. The summed E-state index contributed by atoms with van der Waals surface area (Å²) in [6.07, 6.45) is 0.987. The lowest BCUT2D eigenvalue weighted by Gasteiger charge is -2.43. The lowest BCUT2D eigenvalue weighted by molar-refractivity contribution is -0.136. The number of nitrogens with two attached hydrogens (primary N) is 1. The van der Waals surface area contributed by atoms with Crippen LogP contribution in [-0.2, 0) is 16.6 Å². The first kappa shape index (κ1) is 15.2. The van der Waals surface area contributed by atoms with Gasteiger partial charge in [0, 0.05) is 22.5 Å². The Labute approximate surface area is 123 Å². The molecule has 4 N–H and O–H groups in total. The third-order valence-corrected chi connectivity index (χ3v) is 5.42. The standard InChI is InChI=1S/C15H21NO3S/c1-15(2)11-8-10(17)4-3-9(11)7-12(14(15)16)20-6-5-13(18)19/h3-4,8,12,14,17H,5-7,16H2,1-2H3,(H,18,19). The number of carboxylic acid groups (broad SMARTS) is 1. The minimum Gasteiger partial charge on any atom is -0.508 e. The molecule has 0 amide bonds. The summed E-state index contributed by atoms with van der Waals surface area (Å²) >= 11 is 1.64. The van der Waals surface area contributed by atoms with Crippen LogP contribution < -0.4 is 5.73 Å². The normalized spacial score (nSPS) is 24.1. The fraction of sp³-hybridized carbons (Fsp3) is 0.533. The number of aromatic hydroxyl groups is 1. The molecule has 1 aliphatic carbocycles. The van der Waals surface area contributed by atoms with Crippen LogP contribution in [0.1, 0.15) is 31.4 Å². The predicted octanol–water partition coefficient (Wildman–Crippen LogP) is 2.13. The van der Waals surface area contributed by atoms with Crippen molar-refractivity contribution in [2.24, 2.45) is 5.73 Å². The molecule has 1 aromatic rings. The molecule has 2 unspecified atom stereocenters. The van der Waals surface area contributed by atoms with Crippen molar-refractivity contribution in [3.05, 3.63) is 29.3 Å². The van der Waals surface area contributed by atoms with Crippen LogP contribution in [0.5, 0.6) is 5.75 Å². The molecular formula is C15H21NO3S. The topological polar surface area (TPSA) is 83.5 Å². The van der Waals surface area contributed by atoms with E-state index in [0.717, 1.165) is 12.0 Å². The predicted molar refractivity (Wildman–Crippen MR) is 81.3 cm³/mol. The van der Waals surface area contributed by atoms with Gasteiger partial charge in [0.1, 0.15) is 5.75 Å². The second kappa shape index (κ2) is 5.66. The van der Waals surface area contributed by atoms with Crippen molar-refractivity contribution in [2.75, 3.05) is 5.75 Å². The summed E-state index contributed by atoms with van der Waals surface area (Å²) < 4.78 is 0. The lowest BCUT2D eigenvalue weighted by atomic mass is 9.69. The maximum absolute atomic E-state index is 10.6. The zero-order valence-electron chi connectivity index (χ0n) is 11.8. The van der Waals surface area contributed by atoms with Crippen molar-refractivity contribution in [3.63, 3.8) is 0 Å². The van der Waals surface area contributed by atoms with Gasteiger partial charge in [0.25, 0.3) is 0 Å². The minimum absolute atomic E-state index is 0.0596. The number of rotatable bonds is 4. The largest absolute Gasteiger partial charge is 0.508 e. The zero-order chi connectivity index (χ0) is 14.9. The Hall–Kier alpha value is -1.20. The first-order chi connectivity index (χ1) is 9.32. The van der Waals surface area contributed by atoms with Crippen molar-refractivity contribution >= 4 is 17.7 Å². The van der Waals surface area contributed by atoms with E-state index in [-0.39, 0.29) is 28.9 Å². The summed E-state index contributed by atoms with van der Waals surface area (Å²) in [7, 11) is 0. The molecule has 4 nitrogen and oxygen atoms in total. The molecule has 0 radical (unpaired) electrons. The van der Waals surface area contributed by atoms with Gasteiger partial charge in [0.05, 0.1) is 6.42 Å². The molecule has 110 valence electrons. The number of hydrogen-bond donors (Lipinski definition) is 3. The first-order valence-corrected chi connectivity index (χ1v) is 7.78. The Morgan fingerprint density at radius 3 is 2.85 bits per heavy atom. The molecule has 0 fully saturated rings. The van der Waals surface area contributed by atoms with Gasteiger partial charge in [-0.25, -0.2) is 0 Å². The summed E-state index contributed by atoms with van der Waals surface area (Å²) in [4.78, 5) is 10.6. The monoisotopic (exact) mass is 295 g/mol. The molecule has 0 aromatic heterocycles. The van der Waals surface area contributed by atoms with Gasteiger partial charge in [-0.1, -0.05) is 19.9 Å². The number of carbonyl (C=O) groups is 1. The summed E-state index contributed by atoms with van der Waals surface area (Å²) in [5, 5.41) is 18.6. The molecule has 2 atom stereocenters. The molecule has 2 rings (SSSR count). The molecule has 1 aromatic carbocycles. The molecule has 0 aliphatic heterocycles. The molecule has 20 heavy (non-hydrogen) atoms. The van der Waals surface area contributed by atoms with Crippen LogP contribution in [0, 0.1) is 0 Å². The van der Waals surface area contributed by atoms with Crippen LogP contribution >= 0.6 is 11.8 Å². The van der Waals surface area contributed by atoms with Crippen molar-refractivity contribution in [1.82, 2.24) is 0 Å². The Bertz CT molecular complexity index is 516.